The van der Waals surface area contributed by atoms with E-state index in [4.69, 9.17) is 15.9 Å². The Balaban J connectivity index is 0.00000169. The molecule has 0 amide bonds. The van der Waals surface area contributed by atoms with E-state index in [-0.39, 0.29) is 43.8 Å². The minimum atomic E-state index is -4.59. The maximum atomic E-state index is 13.1. The molecule has 0 aliphatic carbocycles. The number of nitrogens with zero attached hydrogens (tertiary/aromatic N) is 5. The van der Waals surface area contributed by atoms with E-state index in [2.05, 4.69) is 20.4 Å². The van der Waals surface area contributed by atoms with Crippen molar-refractivity contribution in [3.8, 4) is 0 Å². The average Bonchev–Trinajstić information content (AvgIpc) is 2.97. The van der Waals surface area contributed by atoms with E-state index < -0.39 is 11.7 Å². The molecule has 1 aliphatic heterocycles. The smallest absolute Gasteiger partial charge is 1.00 e. The number of aromatic nitrogens is 4. The molecule has 0 unspecified atom stereocenters. The molecule has 0 radical (unpaired) electrons. The molecule has 3 heterocycles. The Morgan fingerprint density at radius 2 is 2.04 bits per heavy atom. The van der Waals surface area contributed by atoms with Crippen LogP contribution in [0.1, 0.15) is 6.99 Å². The van der Waals surface area contributed by atoms with Crippen molar-refractivity contribution in [3.05, 3.63) is 11.8 Å². The molecule has 2 aromatic rings. The highest BCUT2D eigenvalue weighted by Gasteiger charge is 2.36. The molecule has 1 aliphatic rings. The summed E-state index contributed by atoms with van der Waals surface area (Å²) in [5, 5.41) is 13.7. The summed E-state index contributed by atoms with van der Waals surface area (Å²) in [6, 6.07) is 0. The number of nitrogens with two attached hydrogens (primary N) is 1. The molecule has 0 atom stereocenters. The van der Waals surface area contributed by atoms with E-state index in [1.807, 2.05) is 0 Å². The third-order valence-electron chi connectivity index (χ3n) is 3.39. The third-order valence-corrected chi connectivity index (χ3v) is 3.39. The van der Waals surface area contributed by atoms with Crippen LogP contribution in [-0.2, 0) is 10.9 Å². The number of amidine groups is 1. The standard InChI is InChI=1S/C12H15F3N8O.ClH/c13-12(14,15)7-5-19-23-9(7)20-11(22-1-3-24-4-2-22)21-10(23)18-6-8(16)17;/h5H,1-4,6H2,(H3,16,17)(H,18,20,21);1H. The molecule has 4 N–H and O–H groups in total. The van der Waals surface area contributed by atoms with Crippen LogP contribution in [0.4, 0.5) is 25.1 Å². The fraction of sp³-hybridized carbons (Fsp3) is 0.500. The normalized spacial score (nSPS) is 15.1. The molecule has 0 spiro atoms. The maximum absolute atomic E-state index is 13.1. The van der Waals surface area contributed by atoms with E-state index in [1.165, 1.54) is 0 Å². The Morgan fingerprint density at radius 1 is 1.36 bits per heavy atom. The Hall–Kier alpha value is -2.34. The Bertz CT molecular complexity index is 765. The van der Waals surface area contributed by atoms with E-state index in [0.717, 1.165) is 4.52 Å². The monoisotopic (exact) mass is 380 g/mol. The van der Waals surface area contributed by atoms with Crippen LogP contribution in [-0.4, -0.2) is 58.3 Å². The fourth-order valence-electron chi connectivity index (χ4n) is 2.26. The van der Waals surface area contributed by atoms with E-state index >= 15 is 0 Å². The first kappa shape index (κ1) is 19.0. The van der Waals surface area contributed by atoms with Crippen LogP contribution in [0, 0.1) is 5.41 Å². The average molecular weight is 381 g/mol. The minimum Gasteiger partial charge on any atom is -1.00 e. The van der Waals surface area contributed by atoms with Gasteiger partial charge in [0.2, 0.25) is 11.9 Å². The summed E-state index contributed by atoms with van der Waals surface area (Å²) in [6.07, 6.45) is -3.89. The quantitative estimate of drug-likeness (QED) is 0.394. The predicted molar refractivity (Wildman–Crippen MR) is 80.3 cm³/mol. The molecular formula is C12H16ClF3N8O. The van der Waals surface area contributed by atoms with Crippen LogP contribution in [0.3, 0.4) is 0 Å². The van der Waals surface area contributed by atoms with Gasteiger partial charge in [0.05, 0.1) is 26.0 Å². The van der Waals surface area contributed by atoms with E-state index in [0.29, 0.717) is 32.5 Å². The summed E-state index contributed by atoms with van der Waals surface area (Å²) < 4.78 is 45.6. The van der Waals surface area contributed by atoms with Crippen molar-refractivity contribution in [3.63, 3.8) is 0 Å². The van der Waals surface area contributed by atoms with Gasteiger partial charge in [0.15, 0.2) is 5.65 Å². The highest BCUT2D eigenvalue weighted by Crippen LogP contribution is 2.32. The third kappa shape index (κ3) is 4.02. The molecule has 9 nitrogen and oxygen atoms in total. The topological polar surface area (TPSA) is 117 Å². The molecule has 1 fully saturated rings. The fourth-order valence-corrected chi connectivity index (χ4v) is 2.26. The van der Waals surface area contributed by atoms with Crippen molar-refractivity contribution in [1.29, 1.82) is 5.41 Å². The number of hydrogen-bond acceptors (Lipinski definition) is 7. The van der Waals surface area contributed by atoms with Gasteiger partial charge in [0.1, 0.15) is 11.4 Å². The second kappa shape index (κ2) is 7.27. The van der Waals surface area contributed by atoms with Crippen molar-refractivity contribution in [2.24, 2.45) is 5.73 Å². The highest BCUT2D eigenvalue weighted by atomic mass is 35.5. The summed E-state index contributed by atoms with van der Waals surface area (Å²) in [4.78, 5) is 9.98. The molecule has 3 rings (SSSR count). The van der Waals surface area contributed by atoms with Gasteiger partial charge >= 0.3 is 7.60 Å². The lowest BCUT2D eigenvalue weighted by Crippen LogP contribution is -3.00. The van der Waals surface area contributed by atoms with Crippen molar-refractivity contribution >= 4 is 23.4 Å². The lowest BCUT2D eigenvalue weighted by Gasteiger charge is -2.27. The number of morpholine rings is 1. The predicted octanol–water partition coefficient (Wildman–Crippen LogP) is -2.56. The largest absolute Gasteiger partial charge is 1.00 e. The molecular weight excluding hydrogens is 365 g/mol. The van der Waals surface area contributed by atoms with E-state index in [9.17, 15) is 13.2 Å². The summed E-state index contributed by atoms with van der Waals surface area (Å²) in [6.45, 7) is 1.75. The molecule has 13 heteroatoms. The number of rotatable bonds is 4. The Labute approximate surface area is 147 Å². The maximum Gasteiger partial charge on any atom is 1.00 e. The van der Waals surface area contributed by atoms with Crippen LogP contribution in [0.15, 0.2) is 6.20 Å². The zero-order chi connectivity index (χ0) is 17.3. The zero-order valence-corrected chi connectivity index (χ0v) is 13.6. The molecule has 0 bridgehead atoms. The Morgan fingerprint density at radius 3 is 2.64 bits per heavy atom. The number of alkyl halides is 3. The van der Waals surface area contributed by atoms with Crippen LogP contribution < -0.4 is 28.4 Å². The van der Waals surface area contributed by atoms with Gasteiger partial charge in [-0.15, -0.1) is 0 Å². The number of fused-ring (bicyclic) bond motifs is 1. The second-order valence-electron chi connectivity index (χ2n) is 5.12. The van der Waals surface area contributed by atoms with Crippen molar-refractivity contribution in [2.45, 2.75) is 6.18 Å². The first-order valence-electron chi connectivity index (χ1n) is 7.08. The molecule has 138 valence electrons. The van der Waals surface area contributed by atoms with Crippen molar-refractivity contribution in [2.75, 3.05) is 43.1 Å². The molecule has 0 aromatic carbocycles. The van der Waals surface area contributed by atoms with Gasteiger partial charge in [-0.1, -0.05) is 0 Å². The number of halogens is 4. The van der Waals surface area contributed by atoms with Gasteiger partial charge in [0, 0.05) is 13.1 Å². The second-order valence-corrected chi connectivity index (χ2v) is 5.12. The van der Waals surface area contributed by atoms with Crippen LogP contribution in [0.5, 0.6) is 0 Å². The van der Waals surface area contributed by atoms with Gasteiger partial charge in [-0.25, -0.2) is 0 Å². The number of nitrogens with one attached hydrogen (secondary N) is 2. The number of hydrogen-bond donors (Lipinski definition) is 3. The molecule has 1 saturated heterocycles. The van der Waals surface area contributed by atoms with Gasteiger partial charge in [-0.3, -0.25) is 5.41 Å². The summed E-state index contributed by atoms with van der Waals surface area (Å²) in [5.74, 6) is -0.00655. The van der Waals surface area contributed by atoms with Crippen molar-refractivity contribution < 1.29 is 31.7 Å². The zero-order valence-electron chi connectivity index (χ0n) is 13.8. The van der Waals surface area contributed by atoms with Crippen LogP contribution in [0.25, 0.3) is 5.65 Å². The van der Waals surface area contributed by atoms with Crippen LogP contribution >= 0.6 is 0 Å². The van der Waals surface area contributed by atoms with Gasteiger partial charge in [0.25, 0.3) is 0 Å². The lowest BCUT2D eigenvalue weighted by molar-refractivity contribution is -0.136. The summed E-state index contributed by atoms with van der Waals surface area (Å²) >= 11 is 0. The van der Waals surface area contributed by atoms with Gasteiger partial charge in [-0.2, -0.15) is 32.8 Å². The van der Waals surface area contributed by atoms with Crippen molar-refractivity contribution in [1.82, 2.24) is 19.6 Å². The Kier molecular flexibility index (Phi) is 5.52. The lowest BCUT2D eigenvalue weighted by atomic mass is 10.3. The van der Waals surface area contributed by atoms with Gasteiger partial charge < -0.3 is 33.1 Å². The summed E-state index contributed by atoms with van der Waals surface area (Å²) in [5.41, 5.74) is 3.97. The summed E-state index contributed by atoms with van der Waals surface area (Å²) in [7, 11) is 0. The SMILES string of the molecule is N=C(N)CNc1nc(N2CCOCC2)nc2c(C(F)(F)F)cnn12.[Cl-].[H+]. The first-order valence-corrected chi connectivity index (χ1v) is 7.08. The first-order chi connectivity index (χ1) is 11.4. The number of anilines is 2. The van der Waals surface area contributed by atoms with Crippen LogP contribution in [0.2, 0.25) is 0 Å². The molecule has 0 saturated carbocycles. The number of ether oxygens (including phenoxy) is 1. The molecule has 25 heavy (non-hydrogen) atoms. The minimum absolute atomic E-state index is 0. The van der Waals surface area contributed by atoms with E-state index in [1.54, 1.807) is 4.90 Å². The van der Waals surface area contributed by atoms with Gasteiger partial charge in [-0.05, 0) is 0 Å². The highest BCUT2D eigenvalue weighted by molar-refractivity contribution is 5.81. The molecule has 2 aromatic heterocycles.